The van der Waals surface area contributed by atoms with Gasteiger partial charge in [-0.25, -0.2) is 4.98 Å². The van der Waals surface area contributed by atoms with E-state index in [1.165, 1.54) is 18.2 Å². The third-order valence-electron chi connectivity index (χ3n) is 7.52. The number of ether oxygens (including phenoxy) is 1. The summed E-state index contributed by atoms with van der Waals surface area (Å²) in [5.41, 5.74) is -0.0351. The van der Waals surface area contributed by atoms with Crippen molar-refractivity contribution in [1.82, 2.24) is 15.3 Å². The van der Waals surface area contributed by atoms with E-state index in [0.717, 1.165) is 64.1 Å². The summed E-state index contributed by atoms with van der Waals surface area (Å²) in [6.07, 6.45) is 4.03. The van der Waals surface area contributed by atoms with Gasteiger partial charge < -0.3 is 25.8 Å². The summed E-state index contributed by atoms with van der Waals surface area (Å²) in [5, 5.41) is 30.8. The highest BCUT2D eigenvalue weighted by molar-refractivity contribution is 5.57. The summed E-state index contributed by atoms with van der Waals surface area (Å²) >= 11 is 0. The predicted octanol–water partition coefficient (Wildman–Crippen LogP) is 5.01. The number of aliphatic hydroxyl groups excluding tert-OH is 1. The summed E-state index contributed by atoms with van der Waals surface area (Å²) in [7, 11) is 0. The topological polar surface area (TPSA) is 134 Å². The second kappa shape index (κ2) is 13.2. The molecule has 0 aliphatic heterocycles. The number of aromatic nitrogens is 2. The number of para-hydroxylation sites is 1. The molecule has 2 aliphatic carbocycles. The van der Waals surface area contributed by atoms with E-state index >= 15 is 0 Å². The first-order valence-electron chi connectivity index (χ1n) is 13.4. The Balaban J connectivity index is 1.28. The Kier molecular flexibility index (Phi) is 9.78. The fourth-order valence-corrected chi connectivity index (χ4v) is 5.27. The Hall–Kier alpha value is -3.19. The zero-order valence-corrected chi connectivity index (χ0v) is 21.6. The van der Waals surface area contributed by atoms with E-state index in [1.807, 2.05) is 0 Å². The van der Waals surface area contributed by atoms with Crippen LogP contribution in [0.3, 0.4) is 0 Å². The Morgan fingerprint density at radius 1 is 1.00 bits per heavy atom. The summed E-state index contributed by atoms with van der Waals surface area (Å²) < 4.78 is 42.1. The maximum Gasteiger partial charge on any atom is 0.573 e. The molecule has 0 radical (unpaired) electrons. The van der Waals surface area contributed by atoms with Gasteiger partial charge in [-0.3, -0.25) is 10.1 Å². The molecule has 39 heavy (non-hydrogen) atoms. The number of aliphatic hydroxyl groups is 1. The number of halogens is 3. The first-order valence-corrected chi connectivity index (χ1v) is 13.4. The SMILES string of the molecule is O=[N+]([O-])c1cnc(NCc2ccccc2OC(F)(F)F)nc1NCC1CCC(NCC2CCC(O)CC2)CC1. The van der Waals surface area contributed by atoms with Crippen molar-refractivity contribution in [3.05, 3.63) is 46.1 Å². The van der Waals surface area contributed by atoms with Crippen LogP contribution in [0, 0.1) is 22.0 Å². The number of alkyl halides is 3. The summed E-state index contributed by atoms with van der Waals surface area (Å²) in [6.45, 7) is 1.44. The van der Waals surface area contributed by atoms with Crippen molar-refractivity contribution in [1.29, 1.82) is 0 Å². The Bertz CT molecular complexity index is 1090. The summed E-state index contributed by atoms with van der Waals surface area (Å²) in [6, 6.07) is 6.15. The minimum atomic E-state index is -4.83. The van der Waals surface area contributed by atoms with E-state index in [2.05, 4.69) is 30.7 Å². The van der Waals surface area contributed by atoms with Gasteiger partial charge in [0, 0.05) is 24.7 Å². The monoisotopic (exact) mass is 552 g/mol. The van der Waals surface area contributed by atoms with Crippen LogP contribution in [0.4, 0.5) is 30.6 Å². The number of nitrogens with zero attached hydrogens (tertiary/aromatic N) is 3. The van der Waals surface area contributed by atoms with E-state index in [9.17, 15) is 28.4 Å². The van der Waals surface area contributed by atoms with Crippen molar-refractivity contribution in [3.63, 3.8) is 0 Å². The van der Waals surface area contributed by atoms with Gasteiger partial charge in [-0.1, -0.05) is 18.2 Å². The molecule has 214 valence electrons. The van der Waals surface area contributed by atoms with Gasteiger partial charge in [-0.2, -0.15) is 4.98 Å². The average molecular weight is 553 g/mol. The molecule has 13 heteroatoms. The Morgan fingerprint density at radius 2 is 1.67 bits per heavy atom. The number of nitro groups is 1. The standard InChI is InChI=1S/C26H35F3N6O4/c27-26(28,29)39-23-4-2-1-3-19(23)15-32-25-33-16-22(35(37)38)24(34-25)31-14-17-5-9-20(10-6-17)30-13-18-7-11-21(36)12-8-18/h1-4,16-18,20-21,30,36H,5-15H2,(H2,31,32,33,34). The number of hydrogen-bond donors (Lipinski definition) is 4. The molecule has 2 aliphatic rings. The molecule has 2 aromatic rings. The van der Waals surface area contributed by atoms with Crippen LogP contribution in [-0.4, -0.2) is 51.6 Å². The van der Waals surface area contributed by atoms with Crippen LogP contribution in [0.2, 0.25) is 0 Å². The van der Waals surface area contributed by atoms with Crippen LogP contribution >= 0.6 is 0 Å². The van der Waals surface area contributed by atoms with Crippen molar-refractivity contribution < 1.29 is 27.9 Å². The molecule has 0 atom stereocenters. The lowest BCUT2D eigenvalue weighted by Crippen LogP contribution is -2.38. The number of nitrogens with one attached hydrogen (secondary N) is 3. The number of benzene rings is 1. The van der Waals surface area contributed by atoms with Crippen molar-refractivity contribution in [3.8, 4) is 5.75 Å². The highest BCUT2D eigenvalue weighted by Crippen LogP contribution is 2.30. The number of hydrogen-bond acceptors (Lipinski definition) is 9. The normalized spacial score (nSPS) is 23.7. The lowest BCUT2D eigenvalue weighted by Gasteiger charge is -2.32. The van der Waals surface area contributed by atoms with Gasteiger partial charge in [0.2, 0.25) is 11.8 Å². The molecular weight excluding hydrogens is 517 g/mol. The number of rotatable bonds is 11. The molecule has 1 aromatic carbocycles. The van der Waals surface area contributed by atoms with Crippen molar-refractivity contribution in [2.45, 2.75) is 76.4 Å². The van der Waals surface area contributed by atoms with Gasteiger partial charge >= 0.3 is 12.0 Å². The van der Waals surface area contributed by atoms with E-state index < -0.39 is 11.3 Å². The van der Waals surface area contributed by atoms with Gasteiger partial charge in [0.25, 0.3) is 0 Å². The lowest BCUT2D eigenvalue weighted by atomic mass is 9.84. The molecule has 0 saturated heterocycles. The molecule has 4 N–H and O–H groups in total. The molecule has 0 unspecified atom stereocenters. The van der Waals surface area contributed by atoms with E-state index in [4.69, 9.17) is 0 Å². The van der Waals surface area contributed by atoms with Crippen LogP contribution in [-0.2, 0) is 6.54 Å². The lowest BCUT2D eigenvalue weighted by molar-refractivity contribution is -0.384. The van der Waals surface area contributed by atoms with Crippen molar-refractivity contribution in [2.24, 2.45) is 11.8 Å². The first-order chi connectivity index (χ1) is 18.7. The third-order valence-corrected chi connectivity index (χ3v) is 7.52. The van der Waals surface area contributed by atoms with Crippen LogP contribution in [0.25, 0.3) is 0 Å². The van der Waals surface area contributed by atoms with Crippen LogP contribution in [0.15, 0.2) is 30.5 Å². The van der Waals surface area contributed by atoms with E-state index in [1.54, 1.807) is 6.07 Å². The molecule has 10 nitrogen and oxygen atoms in total. The summed E-state index contributed by atoms with van der Waals surface area (Å²) in [4.78, 5) is 19.1. The molecule has 2 saturated carbocycles. The third kappa shape index (κ3) is 8.92. The fourth-order valence-electron chi connectivity index (χ4n) is 5.27. The quantitative estimate of drug-likeness (QED) is 0.224. The van der Waals surface area contributed by atoms with Gasteiger partial charge in [0.1, 0.15) is 11.9 Å². The van der Waals surface area contributed by atoms with Gasteiger partial charge in [-0.15, -0.1) is 13.2 Å². The highest BCUT2D eigenvalue weighted by Gasteiger charge is 2.32. The van der Waals surface area contributed by atoms with Crippen LogP contribution < -0.4 is 20.7 Å². The molecule has 0 spiro atoms. The van der Waals surface area contributed by atoms with Crippen LogP contribution in [0.1, 0.15) is 56.9 Å². The van der Waals surface area contributed by atoms with E-state index in [0.29, 0.717) is 24.4 Å². The maximum absolute atomic E-state index is 12.7. The summed E-state index contributed by atoms with van der Waals surface area (Å²) in [5.74, 6) is 0.732. The minimum absolute atomic E-state index is 0.0491. The fraction of sp³-hybridized carbons (Fsp3) is 0.615. The van der Waals surface area contributed by atoms with Crippen molar-refractivity contribution in [2.75, 3.05) is 23.7 Å². The Morgan fingerprint density at radius 3 is 2.36 bits per heavy atom. The van der Waals surface area contributed by atoms with Gasteiger partial charge in [-0.05, 0) is 75.8 Å². The van der Waals surface area contributed by atoms with Gasteiger partial charge in [0.05, 0.1) is 11.0 Å². The first kappa shape index (κ1) is 28.8. The predicted molar refractivity (Wildman–Crippen MR) is 139 cm³/mol. The smallest absolute Gasteiger partial charge is 0.405 e. The highest BCUT2D eigenvalue weighted by atomic mass is 19.4. The molecule has 0 bridgehead atoms. The van der Waals surface area contributed by atoms with Gasteiger partial charge in [0.15, 0.2) is 0 Å². The second-order valence-corrected chi connectivity index (χ2v) is 10.4. The Labute approximate surface area is 224 Å². The van der Waals surface area contributed by atoms with E-state index in [-0.39, 0.29) is 41.4 Å². The van der Waals surface area contributed by atoms with Crippen LogP contribution in [0.5, 0.6) is 5.75 Å². The molecule has 0 amide bonds. The zero-order valence-electron chi connectivity index (χ0n) is 21.6. The zero-order chi connectivity index (χ0) is 27.8. The average Bonchev–Trinajstić information content (AvgIpc) is 2.91. The molecule has 1 heterocycles. The molecule has 1 aromatic heterocycles. The minimum Gasteiger partial charge on any atom is -0.405 e. The number of anilines is 2. The second-order valence-electron chi connectivity index (χ2n) is 10.4. The molecule has 2 fully saturated rings. The van der Waals surface area contributed by atoms with Crippen molar-refractivity contribution >= 4 is 17.5 Å². The largest absolute Gasteiger partial charge is 0.573 e. The molecule has 4 rings (SSSR count). The maximum atomic E-state index is 12.7. The molecular formula is C26H35F3N6O4.